The van der Waals surface area contributed by atoms with Crippen LogP contribution in [-0.4, -0.2) is 89.9 Å². The molecule has 1 aromatic carbocycles. The number of carbonyl (C=O) groups is 4. The third kappa shape index (κ3) is 7.21. The molecule has 48 heavy (non-hydrogen) atoms. The SMILES string of the molecule is COc1cccc2[nH]c(C(=O)N3C[C@@H]4CCCC[C@@H]4[C@H]3C(=O)N[C@@H](C[C@@H]3CCNC3=O)C(=O)c3cncn3COCC[Si](C)(C)C)cc12. The molecule has 1 saturated carbocycles. The minimum atomic E-state index is -1.29. The van der Waals surface area contributed by atoms with Crippen molar-refractivity contribution in [3.05, 3.63) is 48.2 Å². The minimum absolute atomic E-state index is 0.0163. The Balaban J connectivity index is 1.25. The molecule has 3 fully saturated rings. The first-order valence-electron chi connectivity index (χ1n) is 17.2. The summed E-state index contributed by atoms with van der Waals surface area (Å²) in [6.07, 6.45) is 7.61. The van der Waals surface area contributed by atoms with Gasteiger partial charge in [0.15, 0.2) is 0 Å². The number of fused-ring (bicyclic) bond motifs is 2. The molecule has 3 aliphatic rings. The third-order valence-electron chi connectivity index (χ3n) is 10.3. The van der Waals surface area contributed by atoms with E-state index in [1.807, 2.05) is 18.2 Å². The fourth-order valence-electron chi connectivity index (χ4n) is 7.59. The van der Waals surface area contributed by atoms with Crippen molar-refractivity contribution < 1.29 is 28.7 Å². The fraction of sp³-hybridized carbons (Fsp3) is 0.571. The lowest BCUT2D eigenvalue weighted by atomic mass is 9.78. The molecule has 258 valence electrons. The molecular weight excluding hydrogens is 629 g/mol. The van der Waals surface area contributed by atoms with Gasteiger partial charge in [-0.15, -0.1) is 0 Å². The van der Waals surface area contributed by atoms with Crippen molar-refractivity contribution in [1.82, 2.24) is 30.1 Å². The predicted octanol–water partition coefficient (Wildman–Crippen LogP) is 4.21. The summed E-state index contributed by atoms with van der Waals surface area (Å²) in [5, 5.41) is 6.70. The highest BCUT2D eigenvalue weighted by molar-refractivity contribution is 6.76. The van der Waals surface area contributed by atoms with Crippen LogP contribution in [0.4, 0.5) is 0 Å². The number of carbonyl (C=O) groups excluding carboxylic acids is 4. The molecule has 3 N–H and O–H groups in total. The minimum Gasteiger partial charge on any atom is -0.496 e. The molecule has 3 amide bonds. The number of aromatic amines is 1. The van der Waals surface area contributed by atoms with E-state index in [0.29, 0.717) is 43.3 Å². The lowest BCUT2D eigenvalue weighted by Crippen LogP contribution is -2.53. The van der Waals surface area contributed by atoms with Gasteiger partial charge in [0, 0.05) is 44.6 Å². The highest BCUT2D eigenvalue weighted by Gasteiger charge is 2.49. The van der Waals surface area contributed by atoms with Crippen LogP contribution in [-0.2, 0) is 21.1 Å². The van der Waals surface area contributed by atoms with Crippen LogP contribution in [0, 0.1) is 17.8 Å². The van der Waals surface area contributed by atoms with Crippen LogP contribution in [0.3, 0.4) is 0 Å². The zero-order valence-corrected chi connectivity index (χ0v) is 29.4. The number of Topliss-reactive ketones (excluding diaryl/α,β-unsaturated/α-hetero) is 1. The maximum atomic E-state index is 14.4. The van der Waals surface area contributed by atoms with Crippen LogP contribution < -0.4 is 15.4 Å². The number of imidazole rings is 1. The summed E-state index contributed by atoms with van der Waals surface area (Å²) in [5.74, 6) is -0.633. The van der Waals surface area contributed by atoms with E-state index in [1.54, 1.807) is 29.0 Å². The standard InChI is InChI=1S/C35H48N6O6Si/c1-46-30-11-7-10-26-25(30)17-28(38-26)35(45)41-19-23-8-5-6-9-24(23)31(41)34(44)39-27(16-22-12-13-37-33(22)43)32(42)29-18-36-20-40(29)21-47-14-15-48(2,3)4/h7,10-11,17-18,20,22-24,27,31,38H,5-6,8-9,12-16,19,21H2,1-4H3,(H,37,43)(H,39,44)/t22-,23-,24-,27-,31-/m0/s1. The molecule has 1 aliphatic carbocycles. The number of rotatable bonds is 13. The Kier molecular flexibility index (Phi) is 10.1. The van der Waals surface area contributed by atoms with E-state index in [0.717, 1.165) is 42.6 Å². The Bertz CT molecular complexity index is 1660. The number of nitrogens with one attached hydrogen (secondary N) is 3. The smallest absolute Gasteiger partial charge is 0.271 e. The maximum absolute atomic E-state index is 14.4. The van der Waals surface area contributed by atoms with Gasteiger partial charge in [-0.25, -0.2) is 4.98 Å². The first kappa shape index (κ1) is 33.9. The normalized spacial score (nSPS) is 23.2. The number of ketones is 1. The summed E-state index contributed by atoms with van der Waals surface area (Å²) in [4.78, 5) is 64.6. The molecule has 12 nitrogen and oxygen atoms in total. The summed E-state index contributed by atoms with van der Waals surface area (Å²) < 4.78 is 13.1. The van der Waals surface area contributed by atoms with E-state index in [2.05, 4.69) is 40.2 Å². The monoisotopic (exact) mass is 676 g/mol. The number of benzene rings is 1. The zero-order chi connectivity index (χ0) is 34.0. The van der Waals surface area contributed by atoms with Crippen molar-refractivity contribution in [2.75, 3.05) is 26.8 Å². The van der Waals surface area contributed by atoms with Gasteiger partial charge >= 0.3 is 0 Å². The number of likely N-dealkylation sites (tertiary alicyclic amines) is 1. The van der Waals surface area contributed by atoms with Gasteiger partial charge in [0.25, 0.3) is 5.91 Å². The van der Waals surface area contributed by atoms with Crippen molar-refractivity contribution in [3.8, 4) is 5.75 Å². The molecule has 3 aromatic rings. The molecule has 13 heteroatoms. The first-order chi connectivity index (χ1) is 23.0. The molecule has 2 aromatic heterocycles. The Hall–Kier alpha value is -3.97. The highest BCUT2D eigenvalue weighted by Crippen LogP contribution is 2.41. The first-order valence-corrected chi connectivity index (χ1v) is 20.9. The average molecular weight is 677 g/mol. The Morgan fingerprint density at radius 3 is 2.71 bits per heavy atom. The van der Waals surface area contributed by atoms with E-state index in [-0.39, 0.29) is 48.5 Å². The Labute approximate surface area is 282 Å². The maximum Gasteiger partial charge on any atom is 0.271 e. The van der Waals surface area contributed by atoms with Gasteiger partial charge in [0.05, 0.1) is 25.7 Å². The highest BCUT2D eigenvalue weighted by atomic mass is 28.3. The summed E-state index contributed by atoms with van der Waals surface area (Å²) in [7, 11) is 0.303. The topological polar surface area (TPSA) is 148 Å². The quantitative estimate of drug-likeness (QED) is 0.140. The third-order valence-corrected chi connectivity index (χ3v) is 12.0. The van der Waals surface area contributed by atoms with E-state index >= 15 is 0 Å². The van der Waals surface area contributed by atoms with Crippen molar-refractivity contribution >= 4 is 42.5 Å². The molecular formula is C35H48N6O6Si. The van der Waals surface area contributed by atoms with Crippen molar-refractivity contribution in [2.45, 2.75) is 83.0 Å². The second-order valence-electron chi connectivity index (χ2n) is 14.7. The second kappa shape index (κ2) is 14.3. The van der Waals surface area contributed by atoms with Crippen molar-refractivity contribution in [2.24, 2.45) is 17.8 Å². The number of amides is 3. The number of H-pyrrole nitrogens is 1. The summed E-state index contributed by atoms with van der Waals surface area (Å²) >= 11 is 0. The summed E-state index contributed by atoms with van der Waals surface area (Å²) in [5.41, 5.74) is 1.48. The molecule has 2 aliphatic heterocycles. The van der Waals surface area contributed by atoms with Crippen LogP contribution in [0.25, 0.3) is 10.9 Å². The van der Waals surface area contributed by atoms with E-state index in [1.165, 1.54) is 6.20 Å². The molecule has 2 saturated heterocycles. The van der Waals surface area contributed by atoms with E-state index in [9.17, 15) is 19.2 Å². The van der Waals surface area contributed by atoms with Gasteiger partial charge in [0.2, 0.25) is 17.6 Å². The van der Waals surface area contributed by atoms with Gasteiger partial charge < -0.3 is 34.6 Å². The molecule has 5 atom stereocenters. The van der Waals surface area contributed by atoms with Gasteiger partial charge in [-0.2, -0.15) is 0 Å². The number of aromatic nitrogens is 3. The summed E-state index contributed by atoms with van der Waals surface area (Å²) in [6, 6.07) is 6.66. The van der Waals surface area contributed by atoms with Gasteiger partial charge in [-0.3, -0.25) is 19.2 Å². The Morgan fingerprint density at radius 2 is 1.96 bits per heavy atom. The second-order valence-corrected chi connectivity index (χ2v) is 20.4. The van der Waals surface area contributed by atoms with E-state index in [4.69, 9.17) is 9.47 Å². The number of ether oxygens (including phenoxy) is 2. The number of nitrogens with zero attached hydrogens (tertiary/aromatic N) is 3. The number of hydrogen-bond donors (Lipinski definition) is 3. The molecule has 6 rings (SSSR count). The number of hydrogen-bond acceptors (Lipinski definition) is 7. The Morgan fingerprint density at radius 1 is 1.15 bits per heavy atom. The van der Waals surface area contributed by atoms with Crippen LogP contribution in [0.2, 0.25) is 25.7 Å². The molecule has 0 bridgehead atoms. The van der Waals surface area contributed by atoms with Gasteiger partial charge in [-0.05, 0) is 61.8 Å². The molecule has 4 heterocycles. The molecule has 0 spiro atoms. The largest absolute Gasteiger partial charge is 0.496 e. The van der Waals surface area contributed by atoms with Crippen molar-refractivity contribution in [3.63, 3.8) is 0 Å². The van der Waals surface area contributed by atoms with Gasteiger partial charge in [-0.1, -0.05) is 38.5 Å². The van der Waals surface area contributed by atoms with Gasteiger partial charge in [0.1, 0.15) is 29.9 Å². The van der Waals surface area contributed by atoms with Crippen molar-refractivity contribution in [1.29, 1.82) is 0 Å². The van der Waals surface area contributed by atoms with Crippen LogP contribution >= 0.6 is 0 Å². The van der Waals surface area contributed by atoms with Crippen LogP contribution in [0.1, 0.15) is 59.5 Å². The van der Waals surface area contributed by atoms with Crippen LogP contribution in [0.5, 0.6) is 5.75 Å². The lowest BCUT2D eigenvalue weighted by molar-refractivity contribution is -0.127. The molecule has 0 unspecified atom stereocenters. The predicted molar refractivity (Wildman–Crippen MR) is 183 cm³/mol. The van der Waals surface area contributed by atoms with E-state index < -0.39 is 26.1 Å². The zero-order valence-electron chi connectivity index (χ0n) is 28.4. The van der Waals surface area contributed by atoms with Crippen LogP contribution in [0.15, 0.2) is 36.8 Å². The lowest BCUT2D eigenvalue weighted by Gasteiger charge is -2.31. The summed E-state index contributed by atoms with van der Waals surface area (Å²) in [6.45, 7) is 8.59. The number of methoxy groups -OCH3 is 1. The molecule has 0 radical (unpaired) electrons. The average Bonchev–Trinajstić information content (AvgIpc) is 3.87. The fourth-order valence-corrected chi connectivity index (χ4v) is 8.34.